The van der Waals surface area contributed by atoms with E-state index in [9.17, 15) is 4.79 Å². The largest absolute Gasteiger partial charge is 0.359 e. The van der Waals surface area contributed by atoms with Crippen LogP contribution in [0.3, 0.4) is 0 Å². The molecule has 0 spiro atoms. The van der Waals surface area contributed by atoms with Crippen LogP contribution in [0.5, 0.6) is 0 Å². The molecule has 1 amide bonds. The predicted octanol–water partition coefficient (Wildman–Crippen LogP) is 4.01. The zero-order chi connectivity index (χ0) is 16.9. The van der Waals surface area contributed by atoms with Crippen molar-refractivity contribution in [1.29, 1.82) is 0 Å². The highest BCUT2D eigenvalue weighted by molar-refractivity contribution is 7.09. The molecule has 5 nitrogen and oxygen atoms in total. The molecule has 7 heteroatoms. The first-order valence-electron chi connectivity index (χ1n) is 7.49. The minimum absolute atomic E-state index is 0.0292. The number of hydrogen-bond acceptors (Lipinski definition) is 5. The highest BCUT2D eigenvalue weighted by atomic mass is 35.5. The van der Waals surface area contributed by atoms with Crippen LogP contribution in [-0.2, 0) is 17.8 Å². The number of nitrogens with zero attached hydrogens (tertiary/aromatic N) is 2. The minimum atomic E-state index is -0.0292. The molecular weight excluding hydrogens is 346 g/mol. The molecule has 2 aromatic heterocycles. The third-order valence-corrected chi connectivity index (χ3v) is 4.92. The van der Waals surface area contributed by atoms with Crippen LogP contribution in [0.15, 0.2) is 40.4 Å². The minimum Gasteiger partial charge on any atom is -0.359 e. The van der Waals surface area contributed by atoms with Gasteiger partial charge in [-0.3, -0.25) is 4.79 Å². The van der Waals surface area contributed by atoms with E-state index in [1.54, 1.807) is 29.0 Å². The lowest BCUT2D eigenvalue weighted by Gasteiger charge is -2.02. The normalized spacial score (nSPS) is 10.8. The molecule has 0 atom stereocenters. The van der Waals surface area contributed by atoms with Gasteiger partial charge in [-0.2, -0.15) is 0 Å². The van der Waals surface area contributed by atoms with Crippen molar-refractivity contribution in [3.8, 4) is 11.3 Å². The second-order valence-corrected chi connectivity index (χ2v) is 6.64. The van der Waals surface area contributed by atoms with Gasteiger partial charge in [0.2, 0.25) is 5.91 Å². The zero-order valence-corrected chi connectivity index (χ0v) is 14.7. The summed E-state index contributed by atoms with van der Waals surface area (Å²) in [7, 11) is 0. The molecule has 124 valence electrons. The van der Waals surface area contributed by atoms with Crippen LogP contribution >= 0.6 is 22.9 Å². The average molecular weight is 362 g/mol. The van der Waals surface area contributed by atoms with Gasteiger partial charge in [-0.05, 0) is 19.4 Å². The van der Waals surface area contributed by atoms with Crippen molar-refractivity contribution in [1.82, 2.24) is 15.5 Å². The molecule has 0 saturated carbocycles. The number of aromatic nitrogens is 2. The quantitative estimate of drug-likeness (QED) is 0.720. The van der Waals surface area contributed by atoms with E-state index in [1.165, 1.54) is 0 Å². The maximum atomic E-state index is 11.9. The molecule has 0 unspecified atom stereocenters. The number of aryl methyl sites for hydroxylation is 2. The van der Waals surface area contributed by atoms with Gasteiger partial charge in [0.1, 0.15) is 5.69 Å². The standard InChI is InChI=1S/C17H16ClN3O2S/c1-11-16(24-10-20-11)6-7-17(22)19-9-12-8-15(21-23-12)13-4-2-3-5-14(13)18/h2-5,8,10H,6-7,9H2,1H3,(H,19,22). The van der Waals surface area contributed by atoms with Crippen LogP contribution in [0.25, 0.3) is 11.3 Å². The van der Waals surface area contributed by atoms with Gasteiger partial charge in [0, 0.05) is 22.9 Å². The Morgan fingerprint density at radius 3 is 2.96 bits per heavy atom. The van der Waals surface area contributed by atoms with E-state index in [1.807, 2.05) is 25.1 Å². The van der Waals surface area contributed by atoms with Crippen molar-refractivity contribution in [3.05, 3.63) is 57.2 Å². The molecule has 0 bridgehead atoms. The smallest absolute Gasteiger partial charge is 0.220 e. The molecule has 24 heavy (non-hydrogen) atoms. The van der Waals surface area contributed by atoms with Crippen molar-refractivity contribution in [2.75, 3.05) is 0 Å². The number of carbonyl (C=O) groups excluding carboxylic acids is 1. The summed E-state index contributed by atoms with van der Waals surface area (Å²) < 4.78 is 5.26. The van der Waals surface area contributed by atoms with E-state index in [2.05, 4.69) is 15.5 Å². The fourth-order valence-corrected chi connectivity index (χ4v) is 3.27. The summed E-state index contributed by atoms with van der Waals surface area (Å²) in [5.74, 6) is 0.561. The van der Waals surface area contributed by atoms with Crippen molar-refractivity contribution < 1.29 is 9.32 Å². The third-order valence-electron chi connectivity index (χ3n) is 3.59. The molecule has 3 rings (SSSR count). The molecule has 0 aliphatic carbocycles. The topological polar surface area (TPSA) is 68.0 Å². The number of amides is 1. The van der Waals surface area contributed by atoms with Gasteiger partial charge in [0.15, 0.2) is 5.76 Å². The van der Waals surface area contributed by atoms with Gasteiger partial charge in [-0.15, -0.1) is 11.3 Å². The molecule has 0 aliphatic heterocycles. The molecule has 0 radical (unpaired) electrons. The molecule has 1 aromatic carbocycles. The van der Waals surface area contributed by atoms with Gasteiger partial charge in [0.25, 0.3) is 0 Å². The lowest BCUT2D eigenvalue weighted by molar-refractivity contribution is -0.121. The Hall–Kier alpha value is -2.18. The SMILES string of the molecule is Cc1ncsc1CCC(=O)NCc1cc(-c2ccccc2Cl)no1. The summed E-state index contributed by atoms with van der Waals surface area (Å²) in [4.78, 5) is 17.3. The van der Waals surface area contributed by atoms with E-state index >= 15 is 0 Å². The van der Waals surface area contributed by atoms with Crippen molar-refractivity contribution >= 4 is 28.8 Å². The maximum absolute atomic E-state index is 11.9. The molecule has 0 fully saturated rings. The Balaban J connectivity index is 1.53. The summed E-state index contributed by atoms with van der Waals surface area (Å²) in [5.41, 5.74) is 4.26. The first-order valence-corrected chi connectivity index (χ1v) is 8.75. The Labute approximate surface area is 148 Å². The number of benzene rings is 1. The van der Waals surface area contributed by atoms with Gasteiger partial charge in [-0.25, -0.2) is 4.98 Å². The van der Waals surface area contributed by atoms with E-state index in [4.69, 9.17) is 16.1 Å². The van der Waals surface area contributed by atoms with Gasteiger partial charge in [0.05, 0.1) is 22.8 Å². The van der Waals surface area contributed by atoms with E-state index in [0.717, 1.165) is 16.1 Å². The molecule has 0 saturated heterocycles. The van der Waals surface area contributed by atoms with E-state index in [0.29, 0.717) is 35.9 Å². The fraction of sp³-hybridized carbons (Fsp3) is 0.235. The van der Waals surface area contributed by atoms with Crippen LogP contribution in [0.4, 0.5) is 0 Å². The van der Waals surface area contributed by atoms with Gasteiger partial charge >= 0.3 is 0 Å². The molecule has 3 aromatic rings. The summed E-state index contributed by atoms with van der Waals surface area (Å²) >= 11 is 7.72. The van der Waals surface area contributed by atoms with Crippen molar-refractivity contribution in [2.45, 2.75) is 26.3 Å². The first kappa shape index (κ1) is 16.7. The number of carbonyl (C=O) groups is 1. The van der Waals surface area contributed by atoms with Crippen LogP contribution in [0.2, 0.25) is 5.02 Å². The first-order chi connectivity index (χ1) is 11.6. The summed E-state index contributed by atoms with van der Waals surface area (Å²) in [5, 5.41) is 7.46. The Morgan fingerprint density at radius 1 is 1.38 bits per heavy atom. The third kappa shape index (κ3) is 4.01. The van der Waals surface area contributed by atoms with Gasteiger partial charge in [-0.1, -0.05) is 35.0 Å². The molecule has 1 N–H and O–H groups in total. The number of hydrogen-bond donors (Lipinski definition) is 1. The Morgan fingerprint density at radius 2 is 2.21 bits per heavy atom. The van der Waals surface area contributed by atoms with Crippen LogP contribution in [0.1, 0.15) is 22.8 Å². The van der Waals surface area contributed by atoms with E-state index in [-0.39, 0.29) is 5.91 Å². The summed E-state index contributed by atoms with van der Waals surface area (Å²) in [6, 6.07) is 9.21. The number of rotatable bonds is 6. The van der Waals surface area contributed by atoms with Crippen LogP contribution < -0.4 is 5.32 Å². The van der Waals surface area contributed by atoms with E-state index < -0.39 is 0 Å². The summed E-state index contributed by atoms with van der Waals surface area (Å²) in [6.07, 6.45) is 1.12. The highest BCUT2D eigenvalue weighted by Gasteiger charge is 2.11. The van der Waals surface area contributed by atoms with Crippen molar-refractivity contribution in [2.24, 2.45) is 0 Å². The van der Waals surface area contributed by atoms with Crippen molar-refractivity contribution in [3.63, 3.8) is 0 Å². The molecular formula is C17H16ClN3O2S. The predicted molar refractivity (Wildman–Crippen MR) is 94.0 cm³/mol. The lowest BCUT2D eigenvalue weighted by Crippen LogP contribution is -2.22. The number of halogens is 1. The highest BCUT2D eigenvalue weighted by Crippen LogP contribution is 2.26. The maximum Gasteiger partial charge on any atom is 0.220 e. The fourth-order valence-electron chi connectivity index (χ4n) is 2.26. The van der Waals surface area contributed by atoms with Crippen LogP contribution in [-0.4, -0.2) is 16.0 Å². The monoisotopic (exact) mass is 361 g/mol. The number of thiazole rings is 1. The number of nitrogens with one attached hydrogen (secondary N) is 1. The second-order valence-electron chi connectivity index (χ2n) is 5.30. The Kier molecular flexibility index (Phi) is 5.27. The Bertz CT molecular complexity index is 844. The van der Waals surface area contributed by atoms with Crippen LogP contribution in [0, 0.1) is 6.92 Å². The zero-order valence-electron chi connectivity index (χ0n) is 13.1. The van der Waals surface area contributed by atoms with Gasteiger partial charge < -0.3 is 9.84 Å². The average Bonchev–Trinajstić information content (AvgIpc) is 3.20. The molecule has 0 aliphatic rings. The second kappa shape index (κ2) is 7.59. The molecule has 2 heterocycles. The summed E-state index contributed by atoms with van der Waals surface area (Å²) in [6.45, 7) is 2.26. The lowest BCUT2D eigenvalue weighted by atomic mass is 10.1.